The van der Waals surface area contributed by atoms with Crippen LogP contribution >= 0.6 is 0 Å². The highest BCUT2D eigenvalue weighted by Crippen LogP contribution is 2.64. The number of nitro benzene ring substituents is 1. The van der Waals surface area contributed by atoms with Crippen LogP contribution in [-0.4, -0.2) is 4.92 Å². The predicted octanol–water partition coefficient (Wildman–Crippen LogP) is 6.14. The van der Waals surface area contributed by atoms with Gasteiger partial charge >= 0.3 is 0 Å². The zero-order chi connectivity index (χ0) is 20.0. The van der Waals surface area contributed by atoms with E-state index in [4.69, 9.17) is 0 Å². The Labute approximate surface area is 175 Å². The maximum atomic E-state index is 11.4. The van der Waals surface area contributed by atoms with Crippen LogP contribution in [0.2, 0.25) is 0 Å². The summed E-state index contributed by atoms with van der Waals surface area (Å²) in [7, 11) is 0. The number of rotatable bonds is 2. The highest BCUT2D eigenvalue weighted by molar-refractivity contribution is 5.94. The summed E-state index contributed by atoms with van der Waals surface area (Å²) in [6.07, 6.45) is 6.14. The highest BCUT2D eigenvalue weighted by Gasteiger charge is 2.54. The van der Waals surface area contributed by atoms with Crippen molar-refractivity contribution in [2.45, 2.75) is 44.1 Å². The normalized spacial score (nSPS) is 30.2. The number of non-ortho nitro benzene ring substituents is 1. The van der Waals surface area contributed by atoms with E-state index in [0.717, 1.165) is 18.5 Å². The second-order valence-corrected chi connectivity index (χ2v) is 9.74. The number of nitro groups is 1. The number of benzene rings is 3. The van der Waals surface area contributed by atoms with Gasteiger partial charge in [-0.3, -0.25) is 10.1 Å². The van der Waals surface area contributed by atoms with Gasteiger partial charge in [0.2, 0.25) is 0 Å². The van der Waals surface area contributed by atoms with E-state index in [9.17, 15) is 10.1 Å². The van der Waals surface area contributed by atoms with Gasteiger partial charge in [-0.25, -0.2) is 0 Å². The molecular weight excluding hydrogens is 372 g/mol. The van der Waals surface area contributed by atoms with Crippen LogP contribution in [0.15, 0.2) is 48.5 Å². The number of hydrogen-bond donors (Lipinski definition) is 1. The van der Waals surface area contributed by atoms with Crippen molar-refractivity contribution in [2.75, 3.05) is 5.32 Å². The van der Waals surface area contributed by atoms with Crippen LogP contribution in [0.1, 0.15) is 53.5 Å². The first-order chi connectivity index (χ1) is 14.7. The maximum absolute atomic E-state index is 11.4. The van der Waals surface area contributed by atoms with E-state index in [1.165, 1.54) is 52.3 Å². The zero-order valence-corrected chi connectivity index (χ0v) is 16.8. The van der Waals surface area contributed by atoms with E-state index in [2.05, 4.69) is 35.6 Å². The molecule has 2 bridgehead atoms. The summed E-state index contributed by atoms with van der Waals surface area (Å²) in [6.45, 7) is 0. The van der Waals surface area contributed by atoms with Crippen LogP contribution in [0, 0.1) is 27.9 Å². The van der Waals surface area contributed by atoms with Crippen LogP contribution in [0.25, 0.3) is 10.8 Å². The fourth-order valence-corrected chi connectivity index (χ4v) is 7.44. The summed E-state index contributed by atoms with van der Waals surface area (Å²) >= 11 is 0. The maximum Gasteiger partial charge on any atom is 0.269 e. The van der Waals surface area contributed by atoms with Crippen molar-refractivity contribution >= 4 is 22.1 Å². The molecular formula is C26H24N2O2. The largest absolute Gasteiger partial charge is 0.378 e. The monoisotopic (exact) mass is 396 g/mol. The fraction of sp³-hybridized carbons (Fsp3) is 0.385. The van der Waals surface area contributed by atoms with Crippen molar-refractivity contribution in [3.8, 4) is 0 Å². The SMILES string of the molecule is O=[N+]([O-])c1ccc2c(c1)[C@@H]1[C@H]3CC[C@@H](C3)[C@@H]1[C@@H](c1ccc3c4c(cccc14)CC3)N2. The Morgan fingerprint density at radius 3 is 2.63 bits per heavy atom. The molecule has 150 valence electrons. The molecule has 0 saturated heterocycles. The third kappa shape index (κ3) is 2.12. The molecule has 2 saturated carbocycles. The van der Waals surface area contributed by atoms with Gasteiger partial charge in [-0.2, -0.15) is 0 Å². The van der Waals surface area contributed by atoms with E-state index < -0.39 is 0 Å². The van der Waals surface area contributed by atoms with Crippen LogP contribution < -0.4 is 5.32 Å². The van der Waals surface area contributed by atoms with Crippen molar-refractivity contribution in [1.82, 2.24) is 0 Å². The highest BCUT2D eigenvalue weighted by atomic mass is 16.6. The average molecular weight is 396 g/mol. The summed E-state index contributed by atoms with van der Waals surface area (Å²) in [4.78, 5) is 11.2. The number of anilines is 1. The first-order valence-corrected chi connectivity index (χ1v) is 11.3. The van der Waals surface area contributed by atoms with Gasteiger partial charge in [0.1, 0.15) is 0 Å². The summed E-state index contributed by atoms with van der Waals surface area (Å²) in [5.41, 5.74) is 6.90. The Morgan fingerprint density at radius 2 is 1.77 bits per heavy atom. The molecule has 3 aromatic carbocycles. The lowest BCUT2D eigenvalue weighted by Gasteiger charge is -2.43. The summed E-state index contributed by atoms with van der Waals surface area (Å²) < 4.78 is 0. The first-order valence-electron chi connectivity index (χ1n) is 11.3. The van der Waals surface area contributed by atoms with E-state index in [0.29, 0.717) is 23.7 Å². The molecule has 0 aromatic heterocycles. The Hall–Kier alpha value is -2.88. The molecule has 0 amide bonds. The third-order valence-corrected chi connectivity index (χ3v) is 8.53. The predicted molar refractivity (Wildman–Crippen MR) is 118 cm³/mol. The Bertz CT molecular complexity index is 1220. The Kier molecular flexibility index (Phi) is 3.28. The van der Waals surface area contributed by atoms with Crippen LogP contribution in [-0.2, 0) is 12.8 Å². The van der Waals surface area contributed by atoms with Crippen molar-refractivity contribution in [2.24, 2.45) is 17.8 Å². The molecule has 4 aliphatic rings. The minimum Gasteiger partial charge on any atom is -0.378 e. The molecule has 1 heterocycles. The van der Waals surface area contributed by atoms with Gasteiger partial charge in [0.15, 0.2) is 0 Å². The summed E-state index contributed by atoms with van der Waals surface area (Å²) in [5.74, 6) is 2.35. The van der Waals surface area contributed by atoms with Crippen LogP contribution in [0.4, 0.5) is 11.4 Å². The lowest BCUT2D eigenvalue weighted by molar-refractivity contribution is -0.384. The minimum absolute atomic E-state index is 0.223. The molecule has 3 aliphatic carbocycles. The Balaban J connectivity index is 1.43. The van der Waals surface area contributed by atoms with Crippen molar-refractivity contribution in [3.63, 3.8) is 0 Å². The number of aryl methyl sites for hydroxylation is 2. The van der Waals surface area contributed by atoms with Gasteiger partial charge in [-0.05, 0) is 94.9 Å². The second-order valence-electron chi connectivity index (χ2n) is 9.74. The quantitative estimate of drug-likeness (QED) is 0.418. The molecule has 30 heavy (non-hydrogen) atoms. The van der Waals surface area contributed by atoms with E-state index >= 15 is 0 Å². The second kappa shape index (κ2) is 5.84. The van der Waals surface area contributed by atoms with Crippen molar-refractivity contribution in [3.05, 3.63) is 80.9 Å². The number of fused-ring (bicyclic) bond motifs is 7. The van der Waals surface area contributed by atoms with Gasteiger partial charge in [0, 0.05) is 17.8 Å². The average Bonchev–Trinajstić information content (AvgIpc) is 3.49. The molecule has 2 fully saturated rings. The van der Waals surface area contributed by atoms with Crippen molar-refractivity contribution < 1.29 is 4.92 Å². The van der Waals surface area contributed by atoms with E-state index in [1.54, 1.807) is 6.07 Å². The minimum atomic E-state index is -0.252. The number of nitrogens with zero attached hydrogens (tertiary/aromatic N) is 1. The molecule has 1 N–H and O–H groups in total. The number of hydrogen-bond acceptors (Lipinski definition) is 3. The van der Waals surface area contributed by atoms with Gasteiger partial charge < -0.3 is 5.32 Å². The van der Waals surface area contributed by atoms with Gasteiger partial charge in [-0.1, -0.05) is 30.3 Å². The van der Waals surface area contributed by atoms with Crippen LogP contribution in [0.5, 0.6) is 0 Å². The summed E-state index contributed by atoms with van der Waals surface area (Å²) in [6, 6.07) is 17.3. The molecule has 4 heteroatoms. The van der Waals surface area contributed by atoms with Crippen molar-refractivity contribution in [1.29, 1.82) is 0 Å². The molecule has 0 radical (unpaired) electrons. The lowest BCUT2D eigenvalue weighted by atomic mass is 9.67. The third-order valence-electron chi connectivity index (χ3n) is 8.53. The van der Waals surface area contributed by atoms with E-state index in [1.807, 2.05) is 12.1 Å². The van der Waals surface area contributed by atoms with Gasteiger partial charge in [-0.15, -0.1) is 0 Å². The van der Waals surface area contributed by atoms with Crippen LogP contribution in [0.3, 0.4) is 0 Å². The zero-order valence-electron chi connectivity index (χ0n) is 16.8. The standard InChI is InChI=1S/C26H24N2O2/c29-28(30)18-9-11-22-21(13-18)24-16-6-7-17(12-16)25(24)26(27-22)20-10-8-15-5-4-14-2-1-3-19(20)23(14)15/h1-3,8-11,13,16-17,24-27H,4-7,12H2/t16-,17-,24-,25-,26+/m0/s1. The van der Waals surface area contributed by atoms with Gasteiger partial charge in [0.25, 0.3) is 5.69 Å². The molecule has 7 rings (SSSR count). The molecule has 1 aliphatic heterocycles. The number of nitrogens with one attached hydrogen (secondary N) is 1. The smallest absolute Gasteiger partial charge is 0.269 e. The molecule has 0 unspecified atom stereocenters. The molecule has 4 nitrogen and oxygen atoms in total. The topological polar surface area (TPSA) is 55.2 Å². The van der Waals surface area contributed by atoms with Gasteiger partial charge in [0.05, 0.1) is 11.0 Å². The Morgan fingerprint density at radius 1 is 0.933 bits per heavy atom. The molecule has 3 aromatic rings. The van der Waals surface area contributed by atoms with E-state index in [-0.39, 0.29) is 16.7 Å². The summed E-state index contributed by atoms with van der Waals surface area (Å²) in [5, 5.41) is 18.2. The first kappa shape index (κ1) is 16.9. The molecule has 0 spiro atoms. The molecule has 5 atom stereocenters. The fourth-order valence-electron chi connectivity index (χ4n) is 7.44. The lowest BCUT2D eigenvalue weighted by Crippen LogP contribution is -2.35.